The number of carbonyl (C=O) groups is 2. The van der Waals surface area contributed by atoms with Gasteiger partial charge in [-0.1, -0.05) is 12.1 Å². The van der Waals surface area contributed by atoms with Gasteiger partial charge in [0, 0.05) is 44.3 Å². The number of ether oxygens (including phenoxy) is 2. The molecule has 1 N–H and O–H groups in total. The van der Waals surface area contributed by atoms with Crippen molar-refractivity contribution in [3.63, 3.8) is 0 Å². The van der Waals surface area contributed by atoms with Gasteiger partial charge in [0.05, 0.1) is 12.2 Å². The summed E-state index contributed by atoms with van der Waals surface area (Å²) in [6.45, 7) is 13.6. The maximum atomic E-state index is 13.2. The van der Waals surface area contributed by atoms with Gasteiger partial charge < -0.3 is 19.7 Å². The molecule has 0 spiro atoms. The van der Waals surface area contributed by atoms with E-state index in [-0.39, 0.29) is 24.2 Å². The van der Waals surface area contributed by atoms with Crippen LogP contribution >= 0.6 is 0 Å². The average Bonchev–Trinajstić information content (AvgIpc) is 2.70. The molecule has 3 rings (SSSR count). The van der Waals surface area contributed by atoms with E-state index in [1.807, 2.05) is 37.8 Å². The predicted molar refractivity (Wildman–Crippen MR) is 125 cm³/mol. The fourth-order valence-electron chi connectivity index (χ4n) is 4.59. The summed E-state index contributed by atoms with van der Waals surface area (Å²) in [6, 6.07) is 7.95. The van der Waals surface area contributed by atoms with E-state index in [9.17, 15) is 9.59 Å². The van der Waals surface area contributed by atoms with Crippen LogP contribution in [0.1, 0.15) is 69.8 Å². The van der Waals surface area contributed by atoms with Crippen molar-refractivity contribution < 1.29 is 19.1 Å². The van der Waals surface area contributed by atoms with E-state index in [0.717, 1.165) is 38.9 Å². The third-order valence-corrected chi connectivity index (χ3v) is 5.87. The van der Waals surface area contributed by atoms with Gasteiger partial charge in [0.15, 0.2) is 0 Å². The van der Waals surface area contributed by atoms with Crippen molar-refractivity contribution in [3.8, 4) is 0 Å². The maximum Gasteiger partial charge on any atom is 0.407 e. The monoisotopic (exact) mass is 445 g/mol. The molecule has 2 aliphatic rings. The Hall–Kier alpha value is -2.12. The first-order chi connectivity index (χ1) is 15.1. The van der Waals surface area contributed by atoms with Gasteiger partial charge in [0.1, 0.15) is 5.60 Å². The number of nitrogens with zero attached hydrogens (tertiary/aromatic N) is 2. The summed E-state index contributed by atoms with van der Waals surface area (Å²) in [7, 11) is 0. The Morgan fingerprint density at radius 3 is 2.38 bits per heavy atom. The average molecular weight is 446 g/mol. The Labute approximate surface area is 192 Å². The minimum atomic E-state index is -0.537. The van der Waals surface area contributed by atoms with Gasteiger partial charge in [-0.05, 0) is 71.6 Å². The Balaban J connectivity index is 1.57. The number of hydrogen-bond acceptors (Lipinski definition) is 5. The van der Waals surface area contributed by atoms with Crippen LogP contribution in [-0.4, -0.2) is 71.8 Å². The Bertz CT molecular complexity index is 764. The maximum absolute atomic E-state index is 13.2. The molecule has 1 aromatic rings. The number of morpholine rings is 1. The van der Waals surface area contributed by atoms with E-state index in [4.69, 9.17) is 9.47 Å². The Morgan fingerprint density at radius 2 is 1.75 bits per heavy atom. The summed E-state index contributed by atoms with van der Waals surface area (Å²) in [5.41, 5.74) is 1.36. The summed E-state index contributed by atoms with van der Waals surface area (Å²) in [6.07, 6.45) is 2.97. The van der Waals surface area contributed by atoms with Crippen LogP contribution in [0, 0.1) is 0 Å². The van der Waals surface area contributed by atoms with E-state index in [0.29, 0.717) is 18.7 Å². The largest absolute Gasteiger partial charge is 0.444 e. The first-order valence-electron chi connectivity index (χ1n) is 11.9. The zero-order valence-electron chi connectivity index (χ0n) is 20.2. The van der Waals surface area contributed by atoms with Crippen LogP contribution in [0.3, 0.4) is 0 Å². The van der Waals surface area contributed by atoms with Crippen molar-refractivity contribution in [2.75, 3.05) is 26.2 Å². The molecule has 1 aromatic carbocycles. The van der Waals surface area contributed by atoms with Gasteiger partial charge in [-0.2, -0.15) is 0 Å². The van der Waals surface area contributed by atoms with E-state index in [2.05, 4.69) is 36.2 Å². The van der Waals surface area contributed by atoms with E-state index >= 15 is 0 Å². The number of carbonyl (C=O) groups excluding carboxylic acids is 2. The lowest BCUT2D eigenvalue weighted by Crippen LogP contribution is -2.50. The molecule has 0 aromatic heterocycles. The summed E-state index contributed by atoms with van der Waals surface area (Å²) in [5.74, 6) is 0.0286. The third-order valence-electron chi connectivity index (χ3n) is 5.87. The van der Waals surface area contributed by atoms with Crippen LogP contribution in [0.4, 0.5) is 4.79 Å². The van der Waals surface area contributed by atoms with Gasteiger partial charge in [-0.3, -0.25) is 9.69 Å². The summed E-state index contributed by atoms with van der Waals surface area (Å²) in [5, 5.41) is 2.84. The van der Waals surface area contributed by atoms with Crippen LogP contribution < -0.4 is 5.32 Å². The minimum Gasteiger partial charge on any atom is -0.444 e. The molecule has 2 saturated heterocycles. The normalized spacial score (nSPS) is 24.8. The molecule has 7 nitrogen and oxygen atoms in total. The zero-order chi connectivity index (χ0) is 23.3. The molecule has 0 radical (unpaired) electrons. The number of piperidine rings is 1. The standard InChI is InChI=1S/C25H39N3O4/c1-18-15-27(16-19(2)31-18)17-20-9-11-21(12-10-20)23(29)28-13-7-6-8-22(28)14-26-24(30)32-25(3,4)5/h9-12,18-19,22H,6-8,13-17H2,1-5H3,(H,26,30). The number of amides is 2. The number of benzene rings is 1. The lowest BCUT2D eigenvalue weighted by Gasteiger charge is -2.36. The van der Waals surface area contributed by atoms with Crippen molar-refractivity contribution in [2.24, 2.45) is 0 Å². The molecule has 32 heavy (non-hydrogen) atoms. The predicted octanol–water partition coefficient (Wildman–Crippen LogP) is 3.82. The second-order valence-electron chi connectivity index (χ2n) is 10.2. The van der Waals surface area contributed by atoms with E-state index in [1.54, 1.807) is 0 Å². The topological polar surface area (TPSA) is 71.1 Å². The number of rotatable bonds is 5. The van der Waals surface area contributed by atoms with Crippen LogP contribution in [0.2, 0.25) is 0 Å². The molecule has 0 saturated carbocycles. The lowest BCUT2D eigenvalue weighted by molar-refractivity contribution is -0.0704. The Morgan fingerprint density at radius 1 is 1.09 bits per heavy atom. The van der Waals surface area contributed by atoms with Crippen LogP contribution in [0.15, 0.2) is 24.3 Å². The van der Waals surface area contributed by atoms with Crippen molar-refractivity contribution in [2.45, 2.75) is 84.3 Å². The second-order valence-corrected chi connectivity index (χ2v) is 10.2. The van der Waals surface area contributed by atoms with Gasteiger partial charge in [0.2, 0.25) is 0 Å². The molecule has 2 aliphatic heterocycles. The lowest BCUT2D eigenvalue weighted by atomic mass is 10.00. The summed E-state index contributed by atoms with van der Waals surface area (Å²) >= 11 is 0. The van der Waals surface area contributed by atoms with Gasteiger partial charge in [0.25, 0.3) is 5.91 Å². The van der Waals surface area contributed by atoms with Gasteiger partial charge in [-0.15, -0.1) is 0 Å². The van der Waals surface area contributed by atoms with Crippen LogP contribution in [-0.2, 0) is 16.0 Å². The zero-order valence-corrected chi connectivity index (χ0v) is 20.2. The minimum absolute atomic E-state index is 0.0141. The second kappa shape index (κ2) is 10.7. The smallest absolute Gasteiger partial charge is 0.407 e. The third kappa shape index (κ3) is 7.20. The molecule has 2 amide bonds. The van der Waals surface area contributed by atoms with Crippen molar-refractivity contribution in [1.82, 2.24) is 15.1 Å². The number of hydrogen-bond donors (Lipinski definition) is 1. The fourth-order valence-corrected chi connectivity index (χ4v) is 4.59. The highest BCUT2D eigenvalue weighted by Crippen LogP contribution is 2.21. The Kier molecular flexibility index (Phi) is 8.17. The van der Waals surface area contributed by atoms with E-state index < -0.39 is 11.7 Å². The molecule has 0 bridgehead atoms. The number of likely N-dealkylation sites (tertiary alicyclic amines) is 1. The van der Waals surface area contributed by atoms with Crippen molar-refractivity contribution in [1.29, 1.82) is 0 Å². The molecular formula is C25H39N3O4. The number of alkyl carbamates (subject to hydrolysis) is 1. The quantitative estimate of drug-likeness (QED) is 0.746. The molecule has 2 heterocycles. The fraction of sp³-hybridized carbons (Fsp3) is 0.680. The van der Waals surface area contributed by atoms with Crippen LogP contribution in [0.5, 0.6) is 0 Å². The van der Waals surface area contributed by atoms with Crippen molar-refractivity contribution in [3.05, 3.63) is 35.4 Å². The molecule has 3 atom stereocenters. The highest BCUT2D eigenvalue weighted by Gasteiger charge is 2.29. The summed E-state index contributed by atoms with van der Waals surface area (Å²) < 4.78 is 11.1. The first kappa shape index (κ1) is 24.5. The molecular weight excluding hydrogens is 406 g/mol. The SMILES string of the molecule is CC1CN(Cc2ccc(C(=O)N3CCCCC3CNC(=O)OC(C)(C)C)cc2)CC(C)O1. The molecule has 3 unspecified atom stereocenters. The molecule has 178 valence electrons. The highest BCUT2D eigenvalue weighted by molar-refractivity contribution is 5.94. The summed E-state index contributed by atoms with van der Waals surface area (Å²) in [4.78, 5) is 29.6. The van der Waals surface area contributed by atoms with Crippen LogP contribution in [0.25, 0.3) is 0 Å². The molecule has 0 aliphatic carbocycles. The highest BCUT2D eigenvalue weighted by atomic mass is 16.6. The van der Waals surface area contributed by atoms with Gasteiger partial charge >= 0.3 is 6.09 Å². The number of nitrogens with one attached hydrogen (secondary N) is 1. The molecule has 2 fully saturated rings. The first-order valence-corrected chi connectivity index (χ1v) is 11.9. The molecule has 7 heteroatoms. The van der Waals surface area contributed by atoms with E-state index in [1.165, 1.54) is 5.56 Å². The van der Waals surface area contributed by atoms with Crippen molar-refractivity contribution >= 4 is 12.0 Å². The van der Waals surface area contributed by atoms with Gasteiger partial charge in [-0.25, -0.2) is 4.79 Å².